The Morgan fingerprint density at radius 3 is 2.42 bits per heavy atom. The van der Waals surface area contributed by atoms with Gasteiger partial charge in [-0.25, -0.2) is 4.79 Å². The fraction of sp³-hybridized carbons (Fsp3) is 0.292. The van der Waals surface area contributed by atoms with Crippen LogP contribution in [-0.4, -0.2) is 46.2 Å². The lowest BCUT2D eigenvalue weighted by Crippen LogP contribution is -2.43. The molecule has 1 aromatic heterocycles. The van der Waals surface area contributed by atoms with Crippen LogP contribution in [0.25, 0.3) is 0 Å². The van der Waals surface area contributed by atoms with Crippen LogP contribution >= 0.6 is 0 Å². The van der Waals surface area contributed by atoms with Gasteiger partial charge in [0.15, 0.2) is 11.5 Å². The van der Waals surface area contributed by atoms with Crippen molar-refractivity contribution in [1.82, 2.24) is 14.5 Å². The summed E-state index contributed by atoms with van der Waals surface area (Å²) in [5.74, 6) is 0.213. The number of aromatic hydroxyl groups is 1. The minimum absolute atomic E-state index is 0.0564. The molecule has 2 aromatic carbocycles. The largest absolute Gasteiger partial charge is 0.494 e. The number of H-pyrrole nitrogens is 1. The number of benzene rings is 2. The van der Waals surface area contributed by atoms with Crippen molar-refractivity contribution in [2.24, 2.45) is 0 Å². The zero-order chi connectivity index (χ0) is 23.7. The Hall–Kier alpha value is -4.01. The molecule has 0 radical (unpaired) electrons. The zero-order valence-corrected chi connectivity index (χ0v) is 18.6. The van der Waals surface area contributed by atoms with Gasteiger partial charge in [-0.15, -0.1) is 0 Å². The molecule has 3 aromatic rings. The van der Waals surface area contributed by atoms with Crippen molar-refractivity contribution >= 4 is 5.91 Å². The van der Waals surface area contributed by atoms with Crippen LogP contribution < -0.4 is 20.7 Å². The fourth-order valence-electron chi connectivity index (χ4n) is 4.33. The van der Waals surface area contributed by atoms with Gasteiger partial charge in [0.2, 0.25) is 11.8 Å². The van der Waals surface area contributed by atoms with E-state index in [1.165, 1.54) is 26.0 Å². The third kappa shape index (κ3) is 3.97. The maximum atomic E-state index is 13.0. The molecule has 0 aliphatic carbocycles. The number of methoxy groups -OCH3 is 2. The molecule has 0 saturated carbocycles. The van der Waals surface area contributed by atoms with E-state index in [1.54, 1.807) is 6.07 Å². The Labute approximate surface area is 189 Å². The van der Waals surface area contributed by atoms with Crippen molar-refractivity contribution in [1.29, 1.82) is 0 Å². The monoisotopic (exact) mass is 451 g/mol. The smallest absolute Gasteiger partial charge is 0.331 e. The Kier molecular flexibility index (Phi) is 5.95. The summed E-state index contributed by atoms with van der Waals surface area (Å²) in [5, 5.41) is 11.2. The van der Waals surface area contributed by atoms with Crippen LogP contribution in [0, 0.1) is 0 Å². The fourth-order valence-corrected chi connectivity index (χ4v) is 4.33. The second-order valence-electron chi connectivity index (χ2n) is 7.84. The number of aromatic amines is 1. The summed E-state index contributed by atoms with van der Waals surface area (Å²) in [6, 6.07) is 11.7. The molecule has 0 fully saturated rings. The number of carbonyl (C=O) groups excluding carboxylic acids is 1. The van der Waals surface area contributed by atoms with Crippen LogP contribution in [0.1, 0.15) is 35.2 Å². The molecule has 1 aliphatic rings. The molecule has 33 heavy (non-hydrogen) atoms. The lowest BCUT2D eigenvalue weighted by atomic mass is 9.88. The van der Waals surface area contributed by atoms with Gasteiger partial charge >= 0.3 is 5.69 Å². The first-order valence-corrected chi connectivity index (χ1v) is 10.5. The molecule has 2 N–H and O–H groups in total. The average molecular weight is 451 g/mol. The number of carbonyl (C=O) groups is 1. The molecule has 1 amide bonds. The highest BCUT2D eigenvalue weighted by atomic mass is 16.5. The molecule has 9 nitrogen and oxygen atoms in total. The molecule has 1 aliphatic heterocycles. The van der Waals surface area contributed by atoms with Crippen molar-refractivity contribution in [3.8, 4) is 17.4 Å². The molecule has 172 valence electrons. The minimum Gasteiger partial charge on any atom is -0.494 e. The first-order valence-electron chi connectivity index (χ1n) is 10.5. The maximum absolute atomic E-state index is 13.0. The summed E-state index contributed by atoms with van der Waals surface area (Å²) in [4.78, 5) is 41.9. The van der Waals surface area contributed by atoms with Gasteiger partial charge in [-0.2, -0.15) is 0 Å². The first-order chi connectivity index (χ1) is 15.8. The van der Waals surface area contributed by atoms with E-state index in [2.05, 4.69) is 4.98 Å². The number of rotatable bonds is 5. The van der Waals surface area contributed by atoms with E-state index in [-0.39, 0.29) is 18.0 Å². The van der Waals surface area contributed by atoms with Gasteiger partial charge in [0.25, 0.3) is 5.56 Å². The standard InChI is InChI=1S/C24H25N3O6/c1-14(28)26-10-9-16-11-18(32-2)19(33-3)12-17(16)21(26)20-22(29)25-24(31)27(23(20)30)13-15-7-5-4-6-8-15/h4-8,11-12,21,30H,9-10,13H2,1-3H3,(H,25,29,31). The van der Waals surface area contributed by atoms with Gasteiger partial charge < -0.3 is 19.5 Å². The maximum Gasteiger partial charge on any atom is 0.331 e. The van der Waals surface area contributed by atoms with E-state index in [0.29, 0.717) is 30.0 Å². The molecule has 1 atom stereocenters. The SMILES string of the molecule is COc1cc2c(cc1OC)C(c1c(O)n(Cc3ccccc3)c(=O)[nH]c1=O)N(C(C)=O)CC2. The highest BCUT2D eigenvalue weighted by molar-refractivity contribution is 5.75. The van der Waals surface area contributed by atoms with Crippen molar-refractivity contribution in [2.45, 2.75) is 25.9 Å². The van der Waals surface area contributed by atoms with E-state index in [0.717, 1.165) is 15.7 Å². The summed E-state index contributed by atoms with van der Waals surface area (Å²) < 4.78 is 11.9. The summed E-state index contributed by atoms with van der Waals surface area (Å²) in [7, 11) is 3.03. The molecular weight excluding hydrogens is 426 g/mol. The number of ether oxygens (including phenoxy) is 2. The third-order valence-corrected chi connectivity index (χ3v) is 5.94. The molecule has 2 heterocycles. The van der Waals surface area contributed by atoms with Crippen LogP contribution in [0.4, 0.5) is 0 Å². The molecule has 0 spiro atoms. The number of hydrogen-bond acceptors (Lipinski definition) is 6. The van der Waals surface area contributed by atoms with Gasteiger partial charge in [-0.1, -0.05) is 30.3 Å². The molecule has 9 heteroatoms. The minimum atomic E-state index is -0.905. The molecule has 4 rings (SSSR count). The highest BCUT2D eigenvalue weighted by Gasteiger charge is 2.36. The van der Waals surface area contributed by atoms with Crippen molar-refractivity contribution in [3.05, 3.63) is 85.6 Å². The number of aromatic nitrogens is 2. The predicted octanol–water partition coefficient (Wildman–Crippen LogP) is 1.80. The van der Waals surface area contributed by atoms with Crippen LogP contribution in [0.15, 0.2) is 52.1 Å². The van der Waals surface area contributed by atoms with E-state index in [9.17, 15) is 19.5 Å². The Morgan fingerprint density at radius 1 is 1.12 bits per heavy atom. The zero-order valence-electron chi connectivity index (χ0n) is 18.6. The Morgan fingerprint density at radius 2 is 1.79 bits per heavy atom. The number of amides is 1. The van der Waals surface area contributed by atoms with Gasteiger partial charge in [0.05, 0.1) is 26.8 Å². The van der Waals surface area contributed by atoms with Crippen LogP contribution in [-0.2, 0) is 17.8 Å². The number of nitrogens with zero attached hydrogens (tertiary/aromatic N) is 2. The van der Waals surface area contributed by atoms with Crippen LogP contribution in [0.2, 0.25) is 0 Å². The topological polar surface area (TPSA) is 114 Å². The Balaban J connectivity index is 1.95. The average Bonchev–Trinajstić information content (AvgIpc) is 2.81. The normalized spacial score (nSPS) is 15.1. The van der Waals surface area contributed by atoms with E-state index in [1.807, 2.05) is 36.4 Å². The first kappa shape index (κ1) is 22.2. The summed E-state index contributed by atoms with van der Waals surface area (Å²) in [6.07, 6.45) is 0.536. The summed E-state index contributed by atoms with van der Waals surface area (Å²) in [6.45, 7) is 1.80. The second-order valence-corrected chi connectivity index (χ2v) is 7.84. The molecule has 1 unspecified atom stereocenters. The van der Waals surface area contributed by atoms with Crippen molar-refractivity contribution < 1.29 is 19.4 Å². The van der Waals surface area contributed by atoms with E-state index < -0.39 is 23.2 Å². The van der Waals surface area contributed by atoms with Crippen molar-refractivity contribution in [2.75, 3.05) is 20.8 Å². The predicted molar refractivity (Wildman–Crippen MR) is 121 cm³/mol. The van der Waals surface area contributed by atoms with Crippen LogP contribution in [0.5, 0.6) is 17.4 Å². The number of nitrogens with one attached hydrogen (secondary N) is 1. The van der Waals surface area contributed by atoms with E-state index in [4.69, 9.17) is 9.47 Å². The van der Waals surface area contributed by atoms with E-state index >= 15 is 0 Å². The number of hydrogen-bond donors (Lipinski definition) is 2. The van der Waals surface area contributed by atoms with Crippen LogP contribution in [0.3, 0.4) is 0 Å². The summed E-state index contributed by atoms with van der Waals surface area (Å²) >= 11 is 0. The molecule has 0 saturated heterocycles. The summed E-state index contributed by atoms with van der Waals surface area (Å²) in [5.41, 5.74) is 0.693. The molecule has 0 bridgehead atoms. The van der Waals surface area contributed by atoms with Gasteiger partial charge in [0.1, 0.15) is 5.56 Å². The van der Waals surface area contributed by atoms with Crippen molar-refractivity contribution in [3.63, 3.8) is 0 Å². The second kappa shape index (κ2) is 8.85. The third-order valence-electron chi connectivity index (χ3n) is 5.94. The lowest BCUT2D eigenvalue weighted by Gasteiger charge is -2.37. The van der Waals surface area contributed by atoms with Gasteiger partial charge in [0, 0.05) is 13.5 Å². The lowest BCUT2D eigenvalue weighted by molar-refractivity contribution is -0.130. The number of fused-ring (bicyclic) bond motifs is 1. The quantitative estimate of drug-likeness (QED) is 0.612. The Bertz CT molecular complexity index is 1310. The molecular formula is C24H25N3O6. The van der Waals surface area contributed by atoms with Gasteiger partial charge in [-0.3, -0.25) is 19.1 Å². The highest BCUT2D eigenvalue weighted by Crippen LogP contribution is 2.41. The van der Waals surface area contributed by atoms with Gasteiger partial charge in [-0.05, 0) is 35.2 Å².